The lowest BCUT2D eigenvalue weighted by Crippen LogP contribution is -2.48. The molecule has 1 aliphatic carbocycles. The molecule has 0 aromatic rings. The molecule has 122 valence electrons. The van der Waals surface area contributed by atoms with Crippen LogP contribution in [0.1, 0.15) is 53.4 Å². The molecular weight excluding hydrogens is 268 g/mol. The van der Waals surface area contributed by atoms with Gasteiger partial charge in [0.05, 0.1) is 5.41 Å². The highest BCUT2D eigenvalue weighted by Crippen LogP contribution is 2.38. The van der Waals surface area contributed by atoms with E-state index < -0.39 is 11.4 Å². The number of hydrogen-bond donors (Lipinski definition) is 3. The van der Waals surface area contributed by atoms with Crippen LogP contribution in [0.2, 0.25) is 0 Å². The maximum atomic E-state index is 11.8. The zero-order valence-corrected chi connectivity index (χ0v) is 13.7. The van der Waals surface area contributed by atoms with Crippen molar-refractivity contribution < 1.29 is 14.7 Å². The van der Waals surface area contributed by atoms with Crippen molar-refractivity contribution >= 4 is 12.0 Å². The Bertz CT molecular complexity index is 361. The average Bonchev–Trinajstić information content (AvgIpc) is 2.44. The molecule has 0 aromatic heterocycles. The van der Waals surface area contributed by atoms with Crippen molar-refractivity contribution in [3.05, 3.63) is 0 Å². The molecule has 0 saturated heterocycles. The van der Waals surface area contributed by atoms with Crippen molar-refractivity contribution in [3.63, 3.8) is 0 Å². The molecule has 1 fully saturated rings. The van der Waals surface area contributed by atoms with Crippen molar-refractivity contribution in [2.45, 2.75) is 53.4 Å². The average molecular weight is 298 g/mol. The van der Waals surface area contributed by atoms with Gasteiger partial charge in [-0.3, -0.25) is 4.79 Å². The number of amides is 2. The summed E-state index contributed by atoms with van der Waals surface area (Å²) in [6.07, 6.45) is 3.12. The van der Waals surface area contributed by atoms with Gasteiger partial charge in [0.25, 0.3) is 0 Å². The molecule has 1 unspecified atom stereocenters. The second-order valence-corrected chi connectivity index (χ2v) is 7.05. The summed E-state index contributed by atoms with van der Waals surface area (Å²) < 4.78 is 0. The van der Waals surface area contributed by atoms with Crippen molar-refractivity contribution in [2.75, 3.05) is 13.1 Å². The van der Waals surface area contributed by atoms with Gasteiger partial charge in [-0.2, -0.15) is 0 Å². The topological polar surface area (TPSA) is 78.4 Å². The first-order valence-corrected chi connectivity index (χ1v) is 8.02. The van der Waals surface area contributed by atoms with Crippen molar-refractivity contribution in [1.29, 1.82) is 0 Å². The van der Waals surface area contributed by atoms with Crippen LogP contribution >= 0.6 is 0 Å². The van der Waals surface area contributed by atoms with E-state index in [0.717, 1.165) is 12.8 Å². The van der Waals surface area contributed by atoms with Gasteiger partial charge in [-0.1, -0.05) is 27.7 Å². The van der Waals surface area contributed by atoms with E-state index in [-0.39, 0.29) is 12.6 Å². The van der Waals surface area contributed by atoms with Crippen molar-refractivity contribution in [2.24, 2.45) is 23.2 Å². The first kappa shape index (κ1) is 17.8. The number of carbonyl (C=O) groups is 2. The minimum atomic E-state index is -0.787. The Morgan fingerprint density at radius 3 is 2.24 bits per heavy atom. The molecule has 21 heavy (non-hydrogen) atoms. The van der Waals surface area contributed by atoms with E-state index in [2.05, 4.69) is 38.3 Å². The molecule has 3 N–H and O–H groups in total. The number of aliphatic carboxylic acids is 1. The Hall–Kier alpha value is -1.26. The predicted molar refractivity (Wildman–Crippen MR) is 83.1 cm³/mol. The quantitative estimate of drug-likeness (QED) is 0.705. The summed E-state index contributed by atoms with van der Waals surface area (Å²) in [4.78, 5) is 23.4. The number of carboxylic acid groups (broad SMARTS) is 1. The zero-order valence-electron chi connectivity index (χ0n) is 13.7. The van der Waals surface area contributed by atoms with Crippen LogP contribution in [0.4, 0.5) is 4.79 Å². The second-order valence-electron chi connectivity index (χ2n) is 7.05. The van der Waals surface area contributed by atoms with Gasteiger partial charge >= 0.3 is 12.0 Å². The summed E-state index contributed by atoms with van der Waals surface area (Å²) in [7, 11) is 0. The highest BCUT2D eigenvalue weighted by atomic mass is 16.4. The van der Waals surface area contributed by atoms with Crippen LogP contribution in [-0.4, -0.2) is 30.2 Å². The Labute approximate surface area is 127 Å². The van der Waals surface area contributed by atoms with Gasteiger partial charge in [-0.05, 0) is 43.4 Å². The first-order valence-electron chi connectivity index (χ1n) is 8.02. The van der Waals surface area contributed by atoms with E-state index in [1.165, 1.54) is 0 Å². The van der Waals surface area contributed by atoms with Crippen LogP contribution in [-0.2, 0) is 4.79 Å². The molecule has 0 radical (unpaired) electrons. The van der Waals surface area contributed by atoms with Gasteiger partial charge in [0.2, 0.25) is 0 Å². The molecule has 2 amide bonds. The number of rotatable bonds is 6. The molecule has 1 saturated carbocycles. The number of hydrogen-bond acceptors (Lipinski definition) is 2. The summed E-state index contributed by atoms with van der Waals surface area (Å²) in [5.41, 5.74) is -0.784. The van der Waals surface area contributed by atoms with Gasteiger partial charge in [-0.15, -0.1) is 0 Å². The van der Waals surface area contributed by atoms with Crippen LogP contribution in [0.15, 0.2) is 0 Å². The smallest absolute Gasteiger partial charge is 0.314 e. The lowest BCUT2D eigenvalue weighted by Gasteiger charge is -2.35. The molecule has 0 aromatic carbocycles. The summed E-state index contributed by atoms with van der Waals surface area (Å²) in [5, 5.41) is 15.1. The summed E-state index contributed by atoms with van der Waals surface area (Å²) in [5.74, 6) is 0.707. The SMILES string of the molecule is CC1CCC(CNC(=O)NCC(C)C(C)C)(C(=O)O)CC1. The van der Waals surface area contributed by atoms with E-state index in [1.807, 2.05) is 0 Å². The molecule has 0 spiro atoms. The third-order valence-corrected chi connectivity index (χ3v) is 5.00. The highest BCUT2D eigenvalue weighted by molar-refractivity contribution is 5.78. The predicted octanol–water partition coefficient (Wildman–Crippen LogP) is 2.86. The minimum Gasteiger partial charge on any atom is -0.481 e. The fourth-order valence-corrected chi connectivity index (χ4v) is 2.58. The Morgan fingerprint density at radius 2 is 1.76 bits per heavy atom. The monoisotopic (exact) mass is 298 g/mol. The zero-order chi connectivity index (χ0) is 16.0. The normalized spacial score (nSPS) is 27.2. The molecule has 0 heterocycles. The van der Waals surface area contributed by atoms with E-state index in [9.17, 15) is 14.7 Å². The molecule has 0 bridgehead atoms. The van der Waals surface area contributed by atoms with E-state index in [4.69, 9.17) is 0 Å². The molecule has 5 nitrogen and oxygen atoms in total. The molecule has 1 atom stereocenters. The first-order chi connectivity index (χ1) is 9.77. The Kier molecular flexibility index (Phi) is 6.49. The highest BCUT2D eigenvalue weighted by Gasteiger charge is 2.41. The molecule has 1 aliphatic rings. The van der Waals surface area contributed by atoms with Gasteiger partial charge in [-0.25, -0.2) is 4.79 Å². The van der Waals surface area contributed by atoms with Crippen LogP contribution in [0.5, 0.6) is 0 Å². The summed E-state index contributed by atoms with van der Waals surface area (Å²) >= 11 is 0. The molecule has 0 aliphatic heterocycles. The second kappa shape index (κ2) is 7.66. The standard InChI is InChI=1S/C16H30N2O3/c1-11(2)13(4)9-17-15(21)18-10-16(14(19)20)7-5-12(3)6-8-16/h11-13H,5-10H2,1-4H3,(H,19,20)(H2,17,18,21). The summed E-state index contributed by atoms with van der Waals surface area (Å²) in [6.45, 7) is 9.31. The van der Waals surface area contributed by atoms with Crippen molar-refractivity contribution in [1.82, 2.24) is 10.6 Å². The molecule has 5 heteroatoms. The maximum Gasteiger partial charge on any atom is 0.314 e. The molecule has 1 rings (SSSR count). The third-order valence-electron chi connectivity index (χ3n) is 5.00. The van der Waals surface area contributed by atoms with Crippen LogP contribution in [0.3, 0.4) is 0 Å². The number of urea groups is 1. The summed E-state index contributed by atoms with van der Waals surface area (Å²) in [6, 6.07) is -0.262. The van der Waals surface area contributed by atoms with Gasteiger partial charge in [0, 0.05) is 13.1 Å². The number of carbonyl (C=O) groups excluding carboxylic acids is 1. The fourth-order valence-electron chi connectivity index (χ4n) is 2.58. The lowest BCUT2D eigenvalue weighted by molar-refractivity contribution is -0.151. The number of nitrogens with one attached hydrogen (secondary N) is 2. The maximum absolute atomic E-state index is 11.8. The fraction of sp³-hybridized carbons (Fsp3) is 0.875. The van der Waals surface area contributed by atoms with E-state index in [1.54, 1.807) is 0 Å². The van der Waals surface area contributed by atoms with Gasteiger partial charge in [0.1, 0.15) is 0 Å². The molecular formula is C16H30N2O3. The van der Waals surface area contributed by atoms with Crippen LogP contribution < -0.4 is 10.6 Å². The third kappa shape index (κ3) is 5.21. The van der Waals surface area contributed by atoms with Gasteiger partial charge < -0.3 is 15.7 Å². The Balaban J connectivity index is 2.43. The van der Waals surface area contributed by atoms with Crippen LogP contribution in [0, 0.1) is 23.2 Å². The van der Waals surface area contributed by atoms with E-state index >= 15 is 0 Å². The number of carboxylic acids is 1. The van der Waals surface area contributed by atoms with E-state index in [0.29, 0.717) is 37.1 Å². The lowest BCUT2D eigenvalue weighted by atomic mass is 9.71. The Morgan fingerprint density at radius 1 is 1.19 bits per heavy atom. The minimum absolute atomic E-state index is 0.219. The van der Waals surface area contributed by atoms with Crippen molar-refractivity contribution in [3.8, 4) is 0 Å². The largest absolute Gasteiger partial charge is 0.481 e. The van der Waals surface area contributed by atoms with Crippen LogP contribution in [0.25, 0.3) is 0 Å². The van der Waals surface area contributed by atoms with Gasteiger partial charge in [0.15, 0.2) is 0 Å².